The first-order chi connectivity index (χ1) is 9.33. The molecule has 1 aliphatic heterocycles. The van der Waals surface area contributed by atoms with Crippen molar-refractivity contribution in [3.63, 3.8) is 0 Å². The van der Waals surface area contributed by atoms with Gasteiger partial charge in [-0.1, -0.05) is 13.0 Å². The second-order valence-corrected chi connectivity index (χ2v) is 5.67. The molecule has 1 heterocycles. The molecule has 1 fully saturated rings. The highest BCUT2D eigenvalue weighted by molar-refractivity contribution is 5.44. The summed E-state index contributed by atoms with van der Waals surface area (Å²) in [6, 6.07) is 7.19. The second-order valence-electron chi connectivity index (χ2n) is 5.67. The van der Waals surface area contributed by atoms with E-state index in [-0.39, 0.29) is 0 Å². The molecular weight excluding hydrogens is 238 g/mol. The van der Waals surface area contributed by atoms with E-state index in [1.165, 1.54) is 24.8 Å². The van der Waals surface area contributed by atoms with Crippen LogP contribution in [0.3, 0.4) is 0 Å². The van der Waals surface area contributed by atoms with Crippen molar-refractivity contribution in [2.24, 2.45) is 0 Å². The number of ether oxygens (including phenoxy) is 2. The van der Waals surface area contributed by atoms with E-state index < -0.39 is 0 Å². The monoisotopic (exact) mass is 261 g/mol. The summed E-state index contributed by atoms with van der Waals surface area (Å²) in [5.74, 6) is 2.37. The quantitative estimate of drug-likeness (QED) is 0.883. The number of hydrogen-bond acceptors (Lipinski definition) is 3. The van der Waals surface area contributed by atoms with Gasteiger partial charge in [-0.3, -0.25) is 0 Å². The Morgan fingerprint density at radius 2 is 2.00 bits per heavy atom. The predicted octanol–water partition coefficient (Wildman–Crippen LogP) is 3.09. The molecule has 1 unspecified atom stereocenters. The van der Waals surface area contributed by atoms with Crippen molar-refractivity contribution >= 4 is 0 Å². The van der Waals surface area contributed by atoms with Gasteiger partial charge in [-0.05, 0) is 49.4 Å². The van der Waals surface area contributed by atoms with Crippen LogP contribution in [0.2, 0.25) is 0 Å². The van der Waals surface area contributed by atoms with Gasteiger partial charge in [0.1, 0.15) is 0 Å². The smallest absolute Gasteiger partial charge is 0.161 e. The lowest BCUT2D eigenvalue weighted by Crippen LogP contribution is -2.18. The minimum absolute atomic E-state index is 0.559. The van der Waals surface area contributed by atoms with Gasteiger partial charge in [-0.2, -0.15) is 0 Å². The van der Waals surface area contributed by atoms with Crippen molar-refractivity contribution in [2.45, 2.75) is 44.6 Å². The Morgan fingerprint density at radius 3 is 2.79 bits per heavy atom. The number of fused-ring (bicyclic) bond motifs is 1. The first-order valence-electron chi connectivity index (χ1n) is 7.46. The predicted molar refractivity (Wildman–Crippen MR) is 76.1 cm³/mol. The van der Waals surface area contributed by atoms with Crippen LogP contribution in [0.25, 0.3) is 0 Å². The van der Waals surface area contributed by atoms with Crippen molar-refractivity contribution in [1.29, 1.82) is 0 Å². The highest BCUT2D eigenvalue weighted by Gasteiger charge is 2.20. The fraction of sp³-hybridized carbons (Fsp3) is 0.625. The molecule has 1 saturated carbocycles. The van der Waals surface area contributed by atoms with Crippen LogP contribution in [-0.4, -0.2) is 25.8 Å². The Balaban J connectivity index is 1.61. The SMILES string of the molecule is CC(CCNC1CC1)c1ccc2c(c1)OCCCO2. The van der Waals surface area contributed by atoms with Crippen molar-refractivity contribution in [2.75, 3.05) is 19.8 Å². The van der Waals surface area contributed by atoms with Gasteiger partial charge in [0.15, 0.2) is 11.5 Å². The van der Waals surface area contributed by atoms with E-state index in [0.717, 1.165) is 43.7 Å². The molecule has 1 aromatic rings. The van der Waals surface area contributed by atoms with Gasteiger partial charge in [-0.15, -0.1) is 0 Å². The van der Waals surface area contributed by atoms with E-state index in [2.05, 4.69) is 30.4 Å². The molecule has 3 nitrogen and oxygen atoms in total. The summed E-state index contributed by atoms with van der Waals surface area (Å²) in [6.45, 7) is 4.91. The Hall–Kier alpha value is -1.22. The fourth-order valence-electron chi connectivity index (χ4n) is 2.44. The summed E-state index contributed by atoms with van der Waals surface area (Å²) >= 11 is 0. The van der Waals surface area contributed by atoms with Crippen LogP contribution in [0.1, 0.15) is 44.1 Å². The van der Waals surface area contributed by atoms with Gasteiger partial charge in [-0.25, -0.2) is 0 Å². The van der Waals surface area contributed by atoms with E-state index in [1.54, 1.807) is 0 Å². The lowest BCUT2D eigenvalue weighted by atomic mass is 9.97. The summed E-state index contributed by atoms with van der Waals surface area (Å²) in [5.41, 5.74) is 1.35. The van der Waals surface area contributed by atoms with Gasteiger partial charge in [0.2, 0.25) is 0 Å². The molecule has 0 amide bonds. The maximum atomic E-state index is 5.75. The Labute approximate surface area is 115 Å². The molecule has 0 spiro atoms. The number of nitrogens with one attached hydrogen (secondary N) is 1. The molecule has 104 valence electrons. The highest BCUT2D eigenvalue weighted by Crippen LogP contribution is 2.33. The zero-order chi connectivity index (χ0) is 13.1. The standard InChI is InChI=1S/C16H23NO2/c1-12(7-8-17-14-4-5-14)13-3-6-15-16(11-13)19-10-2-9-18-15/h3,6,11-12,14,17H,2,4-5,7-10H2,1H3. The molecule has 0 aromatic heterocycles. The third-order valence-electron chi connectivity index (χ3n) is 3.93. The Kier molecular flexibility index (Phi) is 3.92. The van der Waals surface area contributed by atoms with E-state index in [9.17, 15) is 0 Å². The topological polar surface area (TPSA) is 30.5 Å². The summed E-state index contributed by atoms with van der Waals surface area (Å²) < 4.78 is 11.4. The van der Waals surface area contributed by atoms with Gasteiger partial charge in [0, 0.05) is 12.5 Å². The molecule has 1 aliphatic carbocycles. The van der Waals surface area contributed by atoms with Crippen molar-refractivity contribution in [3.8, 4) is 11.5 Å². The molecule has 0 bridgehead atoms. The van der Waals surface area contributed by atoms with Crippen LogP contribution >= 0.6 is 0 Å². The third kappa shape index (κ3) is 3.41. The van der Waals surface area contributed by atoms with Crippen LogP contribution in [0.15, 0.2) is 18.2 Å². The van der Waals surface area contributed by atoms with E-state index >= 15 is 0 Å². The first-order valence-corrected chi connectivity index (χ1v) is 7.46. The summed E-state index contributed by atoms with van der Waals surface area (Å²) in [5, 5.41) is 3.57. The fourth-order valence-corrected chi connectivity index (χ4v) is 2.44. The summed E-state index contributed by atoms with van der Waals surface area (Å²) in [6.07, 6.45) is 4.86. The van der Waals surface area contributed by atoms with E-state index in [1.807, 2.05) is 0 Å². The molecule has 2 aliphatic rings. The summed E-state index contributed by atoms with van der Waals surface area (Å²) in [4.78, 5) is 0. The van der Waals surface area contributed by atoms with Gasteiger partial charge in [0.25, 0.3) is 0 Å². The lowest BCUT2D eigenvalue weighted by molar-refractivity contribution is 0.297. The largest absolute Gasteiger partial charge is 0.490 e. The average molecular weight is 261 g/mol. The molecule has 3 rings (SSSR count). The van der Waals surface area contributed by atoms with Crippen LogP contribution in [0.5, 0.6) is 11.5 Å². The highest BCUT2D eigenvalue weighted by atomic mass is 16.5. The molecule has 19 heavy (non-hydrogen) atoms. The zero-order valence-electron chi connectivity index (χ0n) is 11.7. The van der Waals surface area contributed by atoms with Crippen LogP contribution in [0.4, 0.5) is 0 Å². The van der Waals surface area contributed by atoms with Crippen molar-refractivity contribution < 1.29 is 9.47 Å². The zero-order valence-corrected chi connectivity index (χ0v) is 11.7. The number of hydrogen-bond donors (Lipinski definition) is 1. The Morgan fingerprint density at radius 1 is 1.21 bits per heavy atom. The molecular formula is C16H23NO2. The molecule has 1 aromatic carbocycles. The molecule has 0 radical (unpaired) electrons. The minimum Gasteiger partial charge on any atom is -0.490 e. The third-order valence-corrected chi connectivity index (χ3v) is 3.93. The normalized spacial score (nSPS) is 19.8. The maximum absolute atomic E-state index is 5.75. The minimum atomic E-state index is 0.559. The number of benzene rings is 1. The van der Waals surface area contributed by atoms with Gasteiger partial charge in [0.05, 0.1) is 13.2 Å². The molecule has 1 atom stereocenters. The molecule has 1 N–H and O–H groups in total. The molecule has 3 heteroatoms. The van der Waals surface area contributed by atoms with Crippen LogP contribution in [-0.2, 0) is 0 Å². The van der Waals surface area contributed by atoms with Crippen LogP contribution in [0, 0.1) is 0 Å². The van der Waals surface area contributed by atoms with Crippen molar-refractivity contribution in [3.05, 3.63) is 23.8 Å². The summed E-state index contributed by atoms with van der Waals surface area (Å²) in [7, 11) is 0. The Bertz CT molecular complexity index is 429. The first kappa shape index (κ1) is 12.8. The second kappa shape index (κ2) is 5.83. The maximum Gasteiger partial charge on any atom is 0.161 e. The lowest BCUT2D eigenvalue weighted by Gasteiger charge is -2.15. The van der Waals surface area contributed by atoms with E-state index in [4.69, 9.17) is 9.47 Å². The van der Waals surface area contributed by atoms with E-state index in [0.29, 0.717) is 5.92 Å². The van der Waals surface area contributed by atoms with Crippen molar-refractivity contribution in [1.82, 2.24) is 5.32 Å². The van der Waals surface area contributed by atoms with Gasteiger partial charge >= 0.3 is 0 Å². The average Bonchev–Trinajstić information content (AvgIpc) is 3.24. The number of rotatable bonds is 5. The van der Waals surface area contributed by atoms with Gasteiger partial charge < -0.3 is 14.8 Å². The van der Waals surface area contributed by atoms with Crippen LogP contribution < -0.4 is 14.8 Å². The molecule has 0 saturated heterocycles.